The van der Waals surface area contributed by atoms with Gasteiger partial charge in [0.05, 0.1) is 0 Å². The van der Waals surface area contributed by atoms with Gasteiger partial charge in [0.15, 0.2) is 17.3 Å². The second-order valence-electron chi connectivity index (χ2n) is 3.83. The predicted octanol–water partition coefficient (Wildman–Crippen LogP) is 1.90. The second-order valence-corrected chi connectivity index (χ2v) is 5.02. The number of rotatable bonds is 2. The van der Waals surface area contributed by atoms with Crippen LogP contribution in [0.1, 0.15) is 12.5 Å². The summed E-state index contributed by atoms with van der Waals surface area (Å²) in [4.78, 5) is 17.3. The van der Waals surface area contributed by atoms with E-state index in [1.165, 1.54) is 6.92 Å². The van der Waals surface area contributed by atoms with Gasteiger partial charge in [-0.15, -0.1) is 0 Å². The fourth-order valence-electron chi connectivity index (χ4n) is 1.63. The number of fused-ring (bicyclic) bond motifs is 1. The molecule has 1 aromatic rings. The van der Waals surface area contributed by atoms with Crippen molar-refractivity contribution >= 4 is 13.4 Å². The van der Waals surface area contributed by atoms with E-state index in [0.717, 1.165) is 12.1 Å². The molecule has 1 aliphatic rings. The topological polar surface area (TPSA) is 96.2 Å². The van der Waals surface area contributed by atoms with E-state index < -0.39 is 37.2 Å². The Labute approximate surface area is 106 Å². The molecule has 0 saturated heterocycles. The number of aromatic hydroxyl groups is 1. The first kappa shape index (κ1) is 14.0. The van der Waals surface area contributed by atoms with Gasteiger partial charge in [-0.3, -0.25) is 0 Å². The maximum atomic E-state index is 13.6. The highest BCUT2D eigenvalue weighted by atomic mass is 31.2. The molecule has 0 radical (unpaired) electrons. The van der Waals surface area contributed by atoms with Gasteiger partial charge >= 0.3 is 7.82 Å². The van der Waals surface area contributed by atoms with Crippen LogP contribution in [-0.2, 0) is 9.09 Å². The zero-order valence-corrected chi connectivity index (χ0v) is 10.4. The van der Waals surface area contributed by atoms with E-state index in [9.17, 15) is 13.3 Å². The third kappa shape index (κ3) is 2.76. The molecule has 1 heterocycles. The third-order valence-electron chi connectivity index (χ3n) is 2.44. The van der Waals surface area contributed by atoms with E-state index in [0.29, 0.717) is 0 Å². The van der Waals surface area contributed by atoms with Crippen molar-refractivity contribution in [1.82, 2.24) is 0 Å². The minimum Gasteiger partial charge on any atom is -0.503 e. The summed E-state index contributed by atoms with van der Waals surface area (Å²) in [6.07, 6.45) is -0.384. The van der Waals surface area contributed by atoms with Crippen molar-refractivity contribution < 1.29 is 37.5 Å². The van der Waals surface area contributed by atoms with Crippen molar-refractivity contribution in [2.75, 3.05) is 0 Å². The van der Waals surface area contributed by atoms with E-state index in [1.807, 2.05) is 0 Å². The van der Waals surface area contributed by atoms with E-state index in [1.54, 1.807) is 0 Å². The molecule has 2 rings (SSSR count). The van der Waals surface area contributed by atoms with E-state index in [4.69, 9.17) is 19.6 Å². The smallest absolute Gasteiger partial charge is 0.472 e. The van der Waals surface area contributed by atoms with Crippen molar-refractivity contribution in [2.45, 2.75) is 13.2 Å². The van der Waals surface area contributed by atoms with Crippen LogP contribution < -0.4 is 4.74 Å². The normalized spacial score (nSPS) is 18.6. The molecule has 3 N–H and O–H groups in total. The van der Waals surface area contributed by atoms with Crippen molar-refractivity contribution in [2.24, 2.45) is 0 Å². The van der Waals surface area contributed by atoms with Gasteiger partial charge in [-0.2, -0.15) is 4.39 Å². The van der Waals surface area contributed by atoms with Crippen LogP contribution in [0.15, 0.2) is 12.1 Å². The molecule has 0 bridgehead atoms. The fourth-order valence-corrected chi connectivity index (χ4v) is 2.01. The summed E-state index contributed by atoms with van der Waals surface area (Å²) in [5.41, 5.74) is 0.316. The number of phosphoric ester groups is 1. The summed E-state index contributed by atoms with van der Waals surface area (Å²) < 4.78 is 46.6. The molecule has 9 heteroatoms. The Kier molecular flexibility index (Phi) is 3.36. The van der Waals surface area contributed by atoms with E-state index in [-0.39, 0.29) is 11.1 Å². The van der Waals surface area contributed by atoms with Crippen LogP contribution in [0.4, 0.5) is 8.78 Å². The number of allylic oxidation sites excluding steroid dienone is 1. The first-order valence-corrected chi connectivity index (χ1v) is 6.52. The molecule has 1 atom stereocenters. The van der Waals surface area contributed by atoms with Gasteiger partial charge < -0.3 is 19.6 Å². The SMILES string of the molecule is CC1=CC(OP(=O)(O)O)Oc2c1cc(F)c(O)c2F. The number of ether oxygens (including phenoxy) is 1. The lowest BCUT2D eigenvalue weighted by atomic mass is 10.0. The molecule has 0 aliphatic carbocycles. The average Bonchev–Trinajstić information content (AvgIpc) is 2.26. The highest BCUT2D eigenvalue weighted by Gasteiger charge is 2.30. The Bertz CT molecular complexity index is 609. The summed E-state index contributed by atoms with van der Waals surface area (Å²) in [5, 5.41) is 9.12. The van der Waals surface area contributed by atoms with Crippen molar-refractivity contribution in [3.63, 3.8) is 0 Å². The standard InChI is InChI=1S/C10H9F2O6P/c1-4-2-7(18-19(14,15)16)17-10-5(4)3-6(11)9(13)8(10)12/h2-3,7,13H,1H3,(H2,14,15,16). The lowest BCUT2D eigenvalue weighted by molar-refractivity contribution is 0.0160. The maximum Gasteiger partial charge on any atom is 0.472 e. The number of hydrogen-bond donors (Lipinski definition) is 3. The number of phenolic OH excluding ortho intramolecular Hbond substituents is 1. The third-order valence-corrected chi connectivity index (χ3v) is 2.92. The lowest BCUT2D eigenvalue weighted by Crippen LogP contribution is -2.21. The Morgan fingerprint density at radius 3 is 2.63 bits per heavy atom. The molecule has 0 amide bonds. The summed E-state index contributed by atoms with van der Waals surface area (Å²) >= 11 is 0. The molecular formula is C10H9F2O6P. The first-order valence-electron chi connectivity index (χ1n) is 4.99. The van der Waals surface area contributed by atoms with Crippen LogP contribution in [0.3, 0.4) is 0 Å². The first-order chi connectivity index (χ1) is 8.69. The zero-order valence-electron chi connectivity index (χ0n) is 9.50. The molecule has 1 aromatic carbocycles. The van der Waals surface area contributed by atoms with Crippen molar-refractivity contribution in [3.8, 4) is 11.5 Å². The summed E-state index contributed by atoms with van der Waals surface area (Å²) in [6.45, 7) is 1.45. The van der Waals surface area contributed by atoms with Crippen LogP contribution in [0.5, 0.6) is 11.5 Å². The van der Waals surface area contributed by atoms with Crippen LogP contribution in [0.2, 0.25) is 0 Å². The number of hydrogen-bond acceptors (Lipinski definition) is 4. The number of phosphoric acid groups is 1. The second kappa shape index (κ2) is 4.57. The van der Waals surface area contributed by atoms with Gasteiger partial charge in [0.2, 0.25) is 12.1 Å². The zero-order chi connectivity index (χ0) is 14.4. The quantitative estimate of drug-likeness (QED) is 0.721. The summed E-state index contributed by atoms with van der Waals surface area (Å²) in [6, 6.07) is 0.854. The van der Waals surface area contributed by atoms with Crippen LogP contribution in [-0.4, -0.2) is 21.2 Å². The van der Waals surface area contributed by atoms with E-state index in [2.05, 4.69) is 4.52 Å². The fraction of sp³-hybridized carbons (Fsp3) is 0.200. The Morgan fingerprint density at radius 1 is 1.42 bits per heavy atom. The molecule has 0 saturated carbocycles. The number of phenols is 1. The van der Waals surface area contributed by atoms with Crippen LogP contribution in [0, 0.1) is 11.6 Å². The maximum absolute atomic E-state index is 13.6. The van der Waals surface area contributed by atoms with Gasteiger partial charge in [-0.25, -0.2) is 13.5 Å². The minimum atomic E-state index is -4.84. The molecule has 0 aromatic heterocycles. The highest BCUT2D eigenvalue weighted by Crippen LogP contribution is 2.44. The largest absolute Gasteiger partial charge is 0.503 e. The minimum absolute atomic E-state index is 0.0263. The van der Waals surface area contributed by atoms with Gasteiger partial charge in [0.1, 0.15) is 0 Å². The highest BCUT2D eigenvalue weighted by molar-refractivity contribution is 7.46. The Hall–Kier alpha value is -1.47. The number of halogens is 2. The predicted molar refractivity (Wildman–Crippen MR) is 59.2 cm³/mol. The molecule has 6 nitrogen and oxygen atoms in total. The monoisotopic (exact) mass is 294 g/mol. The van der Waals surface area contributed by atoms with Crippen LogP contribution >= 0.6 is 7.82 Å². The summed E-state index contributed by atoms with van der Waals surface area (Å²) in [7, 11) is -4.84. The molecule has 1 unspecified atom stereocenters. The molecule has 1 aliphatic heterocycles. The van der Waals surface area contributed by atoms with Gasteiger partial charge in [0, 0.05) is 5.56 Å². The lowest BCUT2D eigenvalue weighted by Gasteiger charge is -2.24. The van der Waals surface area contributed by atoms with Gasteiger partial charge in [0.25, 0.3) is 0 Å². The molecule has 104 valence electrons. The van der Waals surface area contributed by atoms with Gasteiger partial charge in [-0.05, 0) is 24.6 Å². The van der Waals surface area contributed by atoms with Gasteiger partial charge in [-0.1, -0.05) is 0 Å². The average molecular weight is 294 g/mol. The van der Waals surface area contributed by atoms with Crippen LogP contribution in [0.25, 0.3) is 5.57 Å². The summed E-state index contributed by atoms with van der Waals surface area (Å²) in [5.74, 6) is -4.29. The van der Waals surface area contributed by atoms with Crippen molar-refractivity contribution in [1.29, 1.82) is 0 Å². The van der Waals surface area contributed by atoms with Crippen molar-refractivity contribution in [3.05, 3.63) is 29.3 Å². The number of benzene rings is 1. The molecule has 0 fully saturated rings. The molecular weight excluding hydrogens is 285 g/mol. The molecule has 0 spiro atoms. The Morgan fingerprint density at radius 2 is 2.05 bits per heavy atom. The van der Waals surface area contributed by atoms with E-state index >= 15 is 0 Å². The molecule has 19 heavy (non-hydrogen) atoms. The Balaban J connectivity index is 2.46.